The number of nitrogens with one attached hydrogen (secondary N) is 1. The second-order valence-corrected chi connectivity index (χ2v) is 3.84. The molecule has 0 fully saturated rings. The molecule has 0 atom stereocenters. The van der Waals surface area contributed by atoms with Crippen molar-refractivity contribution in [3.63, 3.8) is 0 Å². The average Bonchev–Trinajstić information content (AvgIpc) is 2.89. The molecule has 2 aromatic rings. The first kappa shape index (κ1) is 15.2. The zero-order valence-electron chi connectivity index (χ0n) is 10.3. The van der Waals surface area contributed by atoms with Crippen molar-refractivity contribution >= 4 is 18.3 Å². The van der Waals surface area contributed by atoms with Gasteiger partial charge in [0.15, 0.2) is 11.5 Å². The number of amides is 1. The van der Waals surface area contributed by atoms with Crippen molar-refractivity contribution in [2.24, 2.45) is 5.73 Å². The minimum absolute atomic E-state index is 0. The topological polar surface area (TPSA) is 81.1 Å². The molecule has 19 heavy (non-hydrogen) atoms. The number of carbonyl (C=O) groups excluding carboxylic acids is 1. The number of nitrogens with zero attached hydrogens (tertiary/aromatic N) is 1. The monoisotopic (exact) mass is 281 g/mol. The minimum atomic E-state index is -0.241. The van der Waals surface area contributed by atoms with Gasteiger partial charge in [-0.05, 0) is 13.0 Å². The predicted molar refractivity (Wildman–Crippen MR) is 75.2 cm³/mol. The van der Waals surface area contributed by atoms with Crippen LogP contribution in [-0.4, -0.2) is 24.2 Å². The molecule has 0 aliphatic heterocycles. The molecule has 2 rings (SSSR count). The third kappa shape index (κ3) is 4.08. The van der Waals surface area contributed by atoms with Gasteiger partial charge in [-0.25, -0.2) is 0 Å². The summed E-state index contributed by atoms with van der Waals surface area (Å²) in [6, 6.07) is 11.2. The molecule has 1 aromatic heterocycles. The van der Waals surface area contributed by atoms with E-state index in [1.807, 2.05) is 30.3 Å². The van der Waals surface area contributed by atoms with Crippen molar-refractivity contribution in [1.82, 2.24) is 10.5 Å². The van der Waals surface area contributed by atoms with Gasteiger partial charge in [0, 0.05) is 18.2 Å². The molecule has 1 amide bonds. The number of carbonyl (C=O) groups is 1. The number of halogens is 1. The number of hydrogen-bond donors (Lipinski definition) is 2. The largest absolute Gasteiger partial charge is 0.355 e. The molecule has 0 bridgehead atoms. The van der Waals surface area contributed by atoms with Crippen LogP contribution in [0.5, 0.6) is 0 Å². The molecular weight excluding hydrogens is 266 g/mol. The molecule has 0 aliphatic rings. The fourth-order valence-electron chi connectivity index (χ4n) is 1.52. The van der Waals surface area contributed by atoms with E-state index in [4.69, 9.17) is 10.3 Å². The molecule has 0 spiro atoms. The predicted octanol–water partition coefficient (Wildman–Crippen LogP) is 1.84. The Balaban J connectivity index is 0.00000180. The van der Waals surface area contributed by atoms with Crippen LogP contribution in [0.3, 0.4) is 0 Å². The lowest BCUT2D eigenvalue weighted by molar-refractivity contribution is 0.0944. The second-order valence-electron chi connectivity index (χ2n) is 3.84. The van der Waals surface area contributed by atoms with Gasteiger partial charge in [0.2, 0.25) is 0 Å². The van der Waals surface area contributed by atoms with Crippen molar-refractivity contribution in [2.75, 3.05) is 13.1 Å². The molecular formula is C13H16ClN3O2. The summed E-state index contributed by atoms with van der Waals surface area (Å²) in [5.41, 5.74) is 6.53. The number of benzene rings is 1. The van der Waals surface area contributed by atoms with Crippen molar-refractivity contribution in [1.29, 1.82) is 0 Å². The zero-order valence-corrected chi connectivity index (χ0v) is 11.2. The summed E-state index contributed by atoms with van der Waals surface area (Å²) in [6.07, 6.45) is 0.745. The molecule has 1 heterocycles. The molecule has 0 aliphatic carbocycles. The third-order valence-electron chi connectivity index (χ3n) is 2.47. The Morgan fingerprint density at radius 2 is 2.05 bits per heavy atom. The highest BCUT2D eigenvalue weighted by Gasteiger charge is 2.12. The first-order chi connectivity index (χ1) is 8.81. The van der Waals surface area contributed by atoms with E-state index in [0.29, 0.717) is 18.8 Å². The van der Waals surface area contributed by atoms with E-state index in [9.17, 15) is 4.79 Å². The van der Waals surface area contributed by atoms with Gasteiger partial charge in [-0.1, -0.05) is 35.5 Å². The van der Waals surface area contributed by atoms with Crippen LogP contribution in [0.4, 0.5) is 0 Å². The molecule has 1 aromatic carbocycles. The summed E-state index contributed by atoms with van der Waals surface area (Å²) >= 11 is 0. The first-order valence-corrected chi connectivity index (χ1v) is 5.81. The lowest BCUT2D eigenvalue weighted by Crippen LogP contribution is -2.26. The van der Waals surface area contributed by atoms with E-state index >= 15 is 0 Å². The number of aromatic nitrogens is 1. The molecule has 5 nitrogen and oxygen atoms in total. The standard InChI is InChI=1S/C13H15N3O2.ClH/c14-7-4-8-15-13(17)11-9-12(18-16-11)10-5-2-1-3-6-10;/h1-3,5-6,9H,4,7-8,14H2,(H,15,17);1H. The Morgan fingerprint density at radius 3 is 2.74 bits per heavy atom. The van der Waals surface area contributed by atoms with Gasteiger partial charge < -0.3 is 15.6 Å². The highest BCUT2D eigenvalue weighted by Crippen LogP contribution is 2.19. The fourth-order valence-corrected chi connectivity index (χ4v) is 1.52. The van der Waals surface area contributed by atoms with Gasteiger partial charge >= 0.3 is 0 Å². The van der Waals surface area contributed by atoms with Gasteiger partial charge in [0.1, 0.15) is 0 Å². The number of hydrogen-bond acceptors (Lipinski definition) is 4. The summed E-state index contributed by atoms with van der Waals surface area (Å²) in [7, 11) is 0. The molecule has 0 saturated carbocycles. The van der Waals surface area contributed by atoms with Crippen molar-refractivity contribution in [3.8, 4) is 11.3 Å². The van der Waals surface area contributed by atoms with E-state index in [0.717, 1.165) is 12.0 Å². The van der Waals surface area contributed by atoms with E-state index in [-0.39, 0.29) is 24.0 Å². The van der Waals surface area contributed by atoms with Crippen LogP contribution < -0.4 is 11.1 Å². The van der Waals surface area contributed by atoms with Crippen LogP contribution in [0.15, 0.2) is 40.9 Å². The van der Waals surface area contributed by atoms with Gasteiger partial charge in [0.05, 0.1) is 0 Å². The summed E-state index contributed by atoms with van der Waals surface area (Å²) in [4.78, 5) is 11.7. The van der Waals surface area contributed by atoms with Crippen LogP contribution >= 0.6 is 12.4 Å². The minimum Gasteiger partial charge on any atom is -0.355 e. The molecule has 0 saturated heterocycles. The molecule has 0 unspecified atom stereocenters. The Kier molecular flexibility index (Phi) is 6.05. The van der Waals surface area contributed by atoms with Crippen molar-refractivity contribution in [3.05, 3.63) is 42.1 Å². The fraction of sp³-hybridized carbons (Fsp3) is 0.231. The Labute approximate surface area is 117 Å². The number of rotatable bonds is 5. The van der Waals surface area contributed by atoms with Crippen LogP contribution in [0, 0.1) is 0 Å². The summed E-state index contributed by atoms with van der Waals surface area (Å²) in [5, 5.41) is 6.48. The maximum absolute atomic E-state index is 11.7. The molecule has 6 heteroatoms. The third-order valence-corrected chi connectivity index (χ3v) is 2.47. The molecule has 102 valence electrons. The lowest BCUT2D eigenvalue weighted by Gasteiger charge is -1.99. The Hall–Kier alpha value is -1.85. The summed E-state index contributed by atoms with van der Waals surface area (Å²) in [5.74, 6) is 0.342. The van der Waals surface area contributed by atoms with E-state index in [1.165, 1.54) is 0 Å². The Bertz CT molecular complexity index is 514. The average molecular weight is 282 g/mol. The number of nitrogens with two attached hydrogens (primary N) is 1. The van der Waals surface area contributed by atoms with Crippen molar-refractivity contribution < 1.29 is 9.32 Å². The normalized spacial score (nSPS) is 9.74. The lowest BCUT2D eigenvalue weighted by atomic mass is 10.1. The maximum atomic E-state index is 11.7. The van der Waals surface area contributed by atoms with E-state index in [1.54, 1.807) is 6.07 Å². The smallest absolute Gasteiger partial charge is 0.273 e. The van der Waals surface area contributed by atoms with Crippen LogP contribution in [0.25, 0.3) is 11.3 Å². The summed E-state index contributed by atoms with van der Waals surface area (Å²) < 4.78 is 5.14. The van der Waals surface area contributed by atoms with Crippen LogP contribution in [0.2, 0.25) is 0 Å². The molecule has 3 N–H and O–H groups in total. The highest BCUT2D eigenvalue weighted by atomic mass is 35.5. The van der Waals surface area contributed by atoms with Gasteiger partial charge in [-0.15, -0.1) is 12.4 Å². The highest BCUT2D eigenvalue weighted by molar-refractivity contribution is 5.93. The van der Waals surface area contributed by atoms with E-state index in [2.05, 4.69) is 10.5 Å². The second kappa shape index (κ2) is 7.56. The van der Waals surface area contributed by atoms with Gasteiger partial charge in [-0.3, -0.25) is 4.79 Å². The zero-order chi connectivity index (χ0) is 12.8. The SMILES string of the molecule is Cl.NCCCNC(=O)c1cc(-c2ccccc2)on1. The van der Waals surface area contributed by atoms with Gasteiger partial charge in [0.25, 0.3) is 5.91 Å². The van der Waals surface area contributed by atoms with E-state index < -0.39 is 0 Å². The quantitative estimate of drug-likeness (QED) is 0.820. The maximum Gasteiger partial charge on any atom is 0.273 e. The summed E-state index contributed by atoms with van der Waals surface area (Å²) in [6.45, 7) is 1.09. The molecule has 0 radical (unpaired) electrons. The van der Waals surface area contributed by atoms with Gasteiger partial charge in [-0.2, -0.15) is 0 Å². The van der Waals surface area contributed by atoms with Crippen molar-refractivity contribution in [2.45, 2.75) is 6.42 Å². The van der Waals surface area contributed by atoms with Crippen LogP contribution in [0.1, 0.15) is 16.9 Å². The van der Waals surface area contributed by atoms with Crippen LogP contribution in [-0.2, 0) is 0 Å². The first-order valence-electron chi connectivity index (χ1n) is 5.81. The Morgan fingerprint density at radius 1 is 1.32 bits per heavy atom.